The van der Waals surface area contributed by atoms with Crippen LogP contribution >= 0.6 is 23.2 Å². The van der Waals surface area contributed by atoms with E-state index in [1.165, 1.54) is 11.0 Å². The Hall–Kier alpha value is -1.10. The molecule has 2 rings (SSSR count). The predicted octanol–water partition coefficient (Wildman–Crippen LogP) is 2.95. The van der Waals surface area contributed by atoms with Gasteiger partial charge in [-0.2, -0.15) is 0 Å². The molecule has 0 spiro atoms. The van der Waals surface area contributed by atoms with Gasteiger partial charge >= 0.3 is 0 Å². The standard InChI is InChI=1S/C13H13Cl2NO3/c1-2-19-7-3-6-16-11-9(15)5-4-8(14)10(11)12(17)13(16)18/h4-5H,2-3,6-7H2,1H3. The first-order chi connectivity index (χ1) is 9.07. The number of ketones is 1. The number of benzene rings is 1. The van der Waals surface area contributed by atoms with Crippen LogP contribution in [0.15, 0.2) is 12.1 Å². The van der Waals surface area contributed by atoms with Gasteiger partial charge in [-0.15, -0.1) is 0 Å². The van der Waals surface area contributed by atoms with Crippen LogP contribution in [-0.4, -0.2) is 31.4 Å². The maximum absolute atomic E-state index is 11.9. The second-order valence-corrected chi connectivity index (χ2v) is 4.90. The van der Waals surface area contributed by atoms with Crippen molar-refractivity contribution < 1.29 is 14.3 Å². The fourth-order valence-corrected chi connectivity index (χ4v) is 2.53. The Morgan fingerprint density at radius 3 is 2.58 bits per heavy atom. The van der Waals surface area contributed by atoms with E-state index in [0.29, 0.717) is 36.9 Å². The minimum absolute atomic E-state index is 0.204. The molecule has 1 heterocycles. The van der Waals surface area contributed by atoms with E-state index in [-0.39, 0.29) is 10.6 Å². The van der Waals surface area contributed by atoms with E-state index in [0.717, 1.165) is 0 Å². The Balaban J connectivity index is 2.26. The number of carbonyl (C=O) groups is 2. The van der Waals surface area contributed by atoms with Crippen molar-refractivity contribution in [2.45, 2.75) is 13.3 Å². The zero-order chi connectivity index (χ0) is 14.0. The van der Waals surface area contributed by atoms with Crippen LogP contribution in [0.1, 0.15) is 23.7 Å². The molecule has 1 aliphatic rings. The Labute approximate surface area is 121 Å². The maximum Gasteiger partial charge on any atom is 0.299 e. The fourth-order valence-electron chi connectivity index (χ4n) is 2.03. The van der Waals surface area contributed by atoms with Crippen molar-refractivity contribution >= 4 is 40.6 Å². The number of halogens is 2. The van der Waals surface area contributed by atoms with Crippen LogP contribution in [0.25, 0.3) is 0 Å². The predicted molar refractivity (Wildman–Crippen MR) is 74.3 cm³/mol. The molecule has 0 aliphatic carbocycles. The topological polar surface area (TPSA) is 46.6 Å². The number of amides is 1. The Morgan fingerprint density at radius 2 is 1.89 bits per heavy atom. The summed E-state index contributed by atoms with van der Waals surface area (Å²) >= 11 is 12.0. The number of ether oxygens (including phenoxy) is 1. The number of rotatable bonds is 5. The highest BCUT2D eigenvalue weighted by Crippen LogP contribution is 2.39. The van der Waals surface area contributed by atoms with E-state index < -0.39 is 11.7 Å². The molecule has 0 radical (unpaired) electrons. The zero-order valence-electron chi connectivity index (χ0n) is 10.4. The SMILES string of the molecule is CCOCCCN1C(=O)C(=O)c2c(Cl)ccc(Cl)c21. The van der Waals surface area contributed by atoms with Crippen LogP contribution < -0.4 is 4.90 Å². The van der Waals surface area contributed by atoms with Crippen molar-refractivity contribution in [3.63, 3.8) is 0 Å². The van der Waals surface area contributed by atoms with Crippen LogP contribution in [0.3, 0.4) is 0 Å². The zero-order valence-corrected chi connectivity index (χ0v) is 11.9. The van der Waals surface area contributed by atoms with Crippen molar-refractivity contribution in [3.05, 3.63) is 27.7 Å². The number of fused-ring (bicyclic) bond motifs is 1. The van der Waals surface area contributed by atoms with Crippen molar-refractivity contribution in [1.82, 2.24) is 0 Å². The molecule has 1 aliphatic heterocycles. The molecule has 0 bridgehead atoms. The van der Waals surface area contributed by atoms with Crippen LogP contribution in [0.2, 0.25) is 10.0 Å². The molecular formula is C13H13Cl2NO3. The lowest BCUT2D eigenvalue weighted by Crippen LogP contribution is -2.31. The molecule has 0 aromatic heterocycles. The van der Waals surface area contributed by atoms with Crippen molar-refractivity contribution in [3.8, 4) is 0 Å². The van der Waals surface area contributed by atoms with E-state index >= 15 is 0 Å². The number of Topliss-reactive ketones (excluding diaryl/α,β-unsaturated/α-hetero) is 1. The molecular weight excluding hydrogens is 289 g/mol. The summed E-state index contributed by atoms with van der Waals surface area (Å²) in [7, 11) is 0. The monoisotopic (exact) mass is 301 g/mol. The third kappa shape index (κ3) is 2.61. The van der Waals surface area contributed by atoms with Crippen LogP contribution in [0.5, 0.6) is 0 Å². The number of hydrogen-bond acceptors (Lipinski definition) is 3. The first kappa shape index (κ1) is 14.3. The highest BCUT2D eigenvalue weighted by atomic mass is 35.5. The third-order valence-electron chi connectivity index (χ3n) is 2.89. The second kappa shape index (κ2) is 5.90. The molecule has 19 heavy (non-hydrogen) atoms. The largest absolute Gasteiger partial charge is 0.382 e. The fraction of sp³-hybridized carbons (Fsp3) is 0.385. The quantitative estimate of drug-likeness (QED) is 0.620. The van der Waals surface area contributed by atoms with E-state index in [9.17, 15) is 9.59 Å². The first-order valence-electron chi connectivity index (χ1n) is 5.99. The highest BCUT2D eigenvalue weighted by Gasteiger charge is 2.38. The molecule has 1 aromatic rings. The van der Waals surface area contributed by atoms with E-state index in [4.69, 9.17) is 27.9 Å². The first-order valence-corrected chi connectivity index (χ1v) is 6.75. The molecule has 6 heteroatoms. The van der Waals surface area contributed by atoms with Crippen LogP contribution in [0, 0.1) is 0 Å². The molecule has 0 unspecified atom stereocenters. The highest BCUT2D eigenvalue weighted by molar-refractivity contribution is 6.56. The van der Waals surface area contributed by atoms with Gasteiger partial charge in [-0.25, -0.2) is 0 Å². The van der Waals surface area contributed by atoms with Crippen molar-refractivity contribution in [2.75, 3.05) is 24.7 Å². The van der Waals surface area contributed by atoms with Crippen molar-refractivity contribution in [1.29, 1.82) is 0 Å². The maximum atomic E-state index is 11.9. The molecule has 0 fully saturated rings. The summed E-state index contributed by atoms with van der Waals surface area (Å²) in [6.45, 7) is 3.44. The molecule has 4 nitrogen and oxygen atoms in total. The average molecular weight is 302 g/mol. The lowest BCUT2D eigenvalue weighted by Gasteiger charge is -2.17. The van der Waals surface area contributed by atoms with E-state index in [1.54, 1.807) is 6.07 Å². The molecule has 1 amide bonds. The minimum atomic E-state index is -0.598. The summed E-state index contributed by atoms with van der Waals surface area (Å²) in [5, 5.41) is 0.611. The molecule has 0 saturated carbocycles. The normalized spacial score (nSPS) is 14.2. The lowest BCUT2D eigenvalue weighted by atomic mass is 10.1. The average Bonchev–Trinajstić information content (AvgIpc) is 2.65. The summed E-state index contributed by atoms with van der Waals surface area (Å²) < 4.78 is 5.22. The smallest absolute Gasteiger partial charge is 0.299 e. The molecule has 0 saturated heterocycles. The summed E-state index contributed by atoms with van der Waals surface area (Å²) in [5.41, 5.74) is 0.622. The summed E-state index contributed by atoms with van der Waals surface area (Å²) in [5.74, 6) is -1.18. The van der Waals surface area contributed by atoms with Gasteiger partial charge in [-0.05, 0) is 25.5 Å². The van der Waals surface area contributed by atoms with Crippen molar-refractivity contribution in [2.24, 2.45) is 0 Å². The number of carbonyl (C=O) groups excluding carboxylic acids is 2. The van der Waals surface area contributed by atoms with Gasteiger partial charge < -0.3 is 9.64 Å². The summed E-state index contributed by atoms with van der Waals surface area (Å²) in [4.78, 5) is 25.2. The minimum Gasteiger partial charge on any atom is -0.382 e. The number of anilines is 1. The lowest BCUT2D eigenvalue weighted by molar-refractivity contribution is -0.114. The Morgan fingerprint density at radius 1 is 1.21 bits per heavy atom. The van der Waals surface area contributed by atoms with Crippen LogP contribution in [-0.2, 0) is 9.53 Å². The van der Waals surface area contributed by atoms with Gasteiger partial charge in [-0.1, -0.05) is 23.2 Å². The summed E-state index contributed by atoms with van der Waals surface area (Å²) in [6.07, 6.45) is 0.634. The summed E-state index contributed by atoms with van der Waals surface area (Å²) in [6, 6.07) is 3.11. The van der Waals surface area contributed by atoms with E-state index in [1.807, 2.05) is 6.92 Å². The van der Waals surface area contributed by atoms with Gasteiger partial charge in [0, 0.05) is 19.8 Å². The van der Waals surface area contributed by atoms with Gasteiger partial charge in [0.05, 0.1) is 21.3 Å². The Kier molecular flexibility index (Phi) is 4.45. The molecule has 0 atom stereocenters. The molecule has 0 N–H and O–H groups in total. The van der Waals surface area contributed by atoms with Gasteiger partial charge in [0.1, 0.15) is 0 Å². The third-order valence-corrected chi connectivity index (χ3v) is 3.51. The number of nitrogens with zero attached hydrogens (tertiary/aromatic N) is 1. The second-order valence-electron chi connectivity index (χ2n) is 4.09. The van der Waals surface area contributed by atoms with Gasteiger partial charge in [0.25, 0.3) is 11.7 Å². The van der Waals surface area contributed by atoms with Crippen LogP contribution in [0.4, 0.5) is 5.69 Å². The van der Waals surface area contributed by atoms with Gasteiger partial charge in [0.15, 0.2) is 0 Å². The van der Waals surface area contributed by atoms with Gasteiger partial charge in [0.2, 0.25) is 0 Å². The Bertz CT molecular complexity index is 531. The molecule has 1 aromatic carbocycles. The number of hydrogen-bond donors (Lipinski definition) is 0. The van der Waals surface area contributed by atoms with Gasteiger partial charge in [-0.3, -0.25) is 9.59 Å². The molecule has 102 valence electrons. The van der Waals surface area contributed by atoms with E-state index in [2.05, 4.69) is 0 Å².